The number of rotatable bonds is 4. The van der Waals surface area contributed by atoms with E-state index in [9.17, 15) is 14.4 Å². The summed E-state index contributed by atoms with van der Waals surface area (Å²) in [6.07, 6.45) is 2.20. The molecule has 0 spiro atoms. The number of likely N-dealkylation sites (tertiary alicyclic amines) is 2. The number of carbonyl (C=O) groups excluding carboxylic acids is 3. The summed E-state index contributed by atoms with van der Waals surface area (Å²) in [6, 6.07) is 0. The predicted octanol–water partition coefficient (Wildman–Crippen LogP) is 0.588. The maximum atomic E-state index is 12.6. The van der Waals surface area contributed by atoms with Gasteiger partial charge in [0.1, 0.15) is 0 Å². The predicted molar refractivity (Wildman–Crippen MR) is 96.2 cm³/mol. The van der Waals surface area contributed by atoms with E-state index in [0.29, 0.717) is 45.2 Å². The first-order valence-corrected chi connectivity index (χ1v) is 9.88. The van der Waals surface area contributed by atoms with Crippen molar-refractivity contribution in [2.24, 2.45) is 17.8 Å². The average molecular weight is 365 g/mol. The molecule has 0 N–H and O–H groups in total. The van der Waals surface area contributed by atoms with Gasteiger partial charge in [-0.1, -0.05) is 13.8 Å². The molecular formula is C19H31N3O4. The van der Waals surface area contributed by atoms with Crippen LogP contribution in [-0.2, 0) is 19.1 Å². The van der Waals surface area contributed by atoms with Crippen molar-refractivity contribution in [2.45, 2.75) is 33.1 Å². The van der Waals surface area contributed by atoms with Gasteiger partial charge in [0.05, 0.1) is 19.1 Å². The molecule has 3 rings (SSSR count). The van der Waals surface area contributed by atoms with Crippen LogP contribution in [0.2, 0.25) is 0 Å². The normalized spacial score (nSPS) is 25.3. The zero-order valence-corrected chi connectivity index (χ0v) is 16.0. The first kappa shape index (κ1) is 19.1. The Morgan fingerprint density at radius 1 is 1.08 bits per heavy atom. The summed E-state index contributed by atoms with van der Waals surface area (Å²) in [4.78, 5) is 42.7. The molecule has 7 heteroatoms. The van der Waals surface area contributed by atoms with E-state index in [0.717, 1.165) is 32.5 Å². The topological polar surface area (TPSA) is 70.2 Å². The fourth-order valence-corrected chi connectivity index (χ4v) is 4.17. The molecule has 1 atom stereocenters. The minimum absolute atomic E-state index is 0.0404. The van der Waals surface area contributed by atoms with Gasteiger partial charge in [-0.05, 0) is 18.8 Å². The van der Waals surface area contributed by atoms with Gasteiger partial charge in [0.25, 0.3) is 0 Å². The number of nitrogens with zero attached hydrogens (tertiary/aromatic N) is 3. The molecule has 0 saturated carbocycles. The molecule has 146 valence electrons. The summed E-state index contributed by atoms with van der Waals surface area (Å²) in [5, 5.41) is 0. The van der Waals surface area contributed by atoms with Crippen LogP contribution < -0.4 is 0 Å². The molecular weight excluding hydrogens is 334 g/mol. The third kappa shape index (κ3) is 4.37. The second kappa shape index (κ2) is 8.37. The highest BCUT2D eigenvalue weighted by molar-refractivity contribution is 5.89. The number of carbonyl (C=O) groups is 3. The van der Waals surface area contributed by atoms with Crippen molar-refractivity contribution < 1.29 is 19.1 Å². The lowest BCUT2D eigenvalue weighted by molar-refractivity contribution is -0.139. The van der Waals surface area contributed by atoms with E-state index in [2.05, 4.69) is 0 Å². The SMILES string of the molecule is CC(C)C(=O)N1CCC(CN2C[C@@H](C(=O)N3CCOCC3)CC2=O)CC1. The van der Waals surface area contributed by atoms with Crippen LogP contribution in [0.25, 0.3) is 0 Å². The summed E-state index contributed by atoms with van der Waals surface area (Å²) in [6.45, 7) is 9.12. The van der Waals surface area contributed by atoms with Crippen molar-refractivity contribution in [3.8, 4) is 0 Å². The van der Waals surface area contributed by atoms with Gasteiger partial charge < -0.3 is 19.4 Å². The molecule has 3 heterocycles. The van der Waals surface area contributed by atoms with E-state index in [1.165, 1.54) is 0 Å². The third-order valence-electron chi connectivity index (χ3n) is 5.79. The van der Waals surface area contributed by atoms with Crippen LogP contribution in [0.5, 0.6) is 0 Å². The number of amides is 3. The monoisotopic (exact) mass is 365 g/mol. The van der Waals surface area contributed by atoms with Gasteiger partial charge >= 0.3 is 0 Å². The first-order valence-electron chi connectivity index (χ1n) is 9.88. The Bertz CT molecular complexity index is 537. The second-order valence-corrected chi connectivity index (χ2v) is 8.06. The molecule has 0 unspecified atom stereocenters. The zero-order chi connectivity index (χ0) is 18.7. The first-order chi connectivity index (χ1) is 12.5. The Morgan fingerprint density at radius 3 is 2.35 bits per heavy atom. The lowest BCUT2D eigenvalue weighted by Gasteiger charge is -2.35. The van der Waals surface area contributed by atoms with Crippen LogP contribution in [-0.4, -0.2) is 84.9 Å². The number of piperidine rings is 1. The van der Waals surface area contributed by atoms with Gasteiger partial charge in [0.15, 0.2) is 0 Å². The largest absolute Gasteiger partial charge is 0.378 e. The minimum atomic E-state index is -0.205. The molecule has 7 nitrogen and oxygen atoms in total. The van der Waals surface area contributed by atoms with Crippen LogP contribution in [0.4, 0.5) is 0 Å². The molecule has 3 aliphatic heterocycles. The van der Waals surface area contributed by atoms with E-state index in [-0.39, 0.29) is 29.6 Å². The minimum Gasteiger partial charge on any atom is -0.378 e. The zero-order valence-electron chi connectivity index (χ0n) is 16.0. The summed E-state index contributed by atoms with van der Waals surface area (Å²) in [5.41, 5.74) is 0. The van der Waals surface area contributed by atoms with Crippen LogP contribution in [0.15, 0.2) is 0 Å². The molecule has 3 saturated heterocycles. The number of hydrogen-bond acceptors (Lipinski definition) is 4. The molecule has 3 aliphatic rings. The number of morpholine rings is 1. The van der Waals surface area contributed by atoms with Crippen molar-refractivity contribution in [3.63, 3.8) is 0 Å². The van der Waals surface area contributed by atoms with E-state index in [4.69, 9.17) is 4.74 Å². The van der Waals surface area contributed by atoms with Gasteiger partial charge in [0.2, 0.25) is 17.7 Å². The Morgan fingerprint density at radius 2 is 1.73 bits per heavy atom. The highest BCUT2D eigenvalue weighted by atomic mass is 16.5. The Balaban J connectivity index is 1.46. The second-order valence-electron chi connectivity index (χ2n) is 8.06. The van der Waals surface area contributed by atoms with Crippen molar-refractivity contribution in [1.29, 1.82) is 0 Å². The fraction of sp³-hybridized carbons (Fsp3) is 0.842. The molecule has 0 aromatic carbocycles. The standard InChI is InChI=1S/C19H31N3O4/c1-14(2)18(24)20-5-3-15(4-6-20)12-22-13-16(11-17(22)23)19(25)21-7-9-26-10-8-21/h14-16H,3-13H2,1-2H3/t16-/m0/s1. The van der Waals surface area contributed by atoms with Gasteiger partial charge in [-0.25, -0.2) is 0 Å². The molecule has 3 fully saturated rings. The average Bonchev–Trinajstić information content (AvgIpc) is 3.02. The molecule has 3 amide bonds. The maximum Gasteiger partial charge on any atom is 0.228 e. The van der Waals surface area contributed by atoms with Crippen LogP contribution in [0.1, 0.15) is 33.1 Å². The van der Waals surface area contributed by atoms with Gasteiger partial charge in [-0.2, -0.15) is 0 Å². The van der Waals surface area contributed by atoms with Crippen LogP contribution in [0, 0.1) is 17.8 Å². The van der Waals surface area contributed by atoms with E-state index < -0.39 is 0 Å². The van der Waals surface area contributed by atoms with Crippen molar-refractivity contribution >= 4 is 17.7 Å². The fourth-order valence-electron chi connectivity index (χ4n) is 4.17. The Kier molecular flexibility index (Phi) is 6.16. The molecule has 0 aromatic heterocycles. The van der Waals surface area contributed by atoms with Crippen LogP contribution >= 0.6 is 0 Å². The lowest BCUT2D eigenvalue weighted by atomic mass is 9.95. The van der Waals surface area contributed by atoms with E-state index in [1.807, 2.05) is 28.5 Å². The van der Waals surface area contributed by atoms with E-state index >= 15 is 0 Å². The summed E-state index contributed by atoms with van der Waals surface area (Å²) in [7, 11) is 0. The summed E-state index contributed by atoms with van der Waals surface area (Å²) in [5.74, 6) is 0.671. The van der Waals surface area contributed by atoms with Crippen molar-refractivity contribution in [3.05, 3.63) is 0 Å². The molecule has 0 bridgehead atoms. The van der Waals surface area contributed by atoms with Crippen molar-refractivity contribution in [1.82, 2.24) is 14.7 Å². The summed E-state index contributed by atoms with van der Waals surface area (Å²) >= 11 is 0. The Hall–Kier alpha value is -1.63. The highest BCUT2D eigenvalue weighted by Gasteiger charge is 2.38. The van der Waals surface area contributed by atoms with Gasteiger partial charge in [0, 0.05) is 51.6 Å². The molecule has 0 radical (unpaired) electrons. The van der Waals surface area contributed by atoms with E-state index in [1.54, 1.807) is 0 Å². The van der Waals surface area contributed by atoms with Crippen LogP contribution in [0.3, 0.4) is 0 Å². The molecule has 26 heavy (non-hydrogen) atoms. The summed E-state index contributed by atoms with van der Waals surface area (Å²) < 4.78 is 5.30. The quantitative estimate of drug-likeness (QED) is 0.731. The third-order valence-corrected chi connectivity index (χ3v) is 5.79. The lowest BCUT2D eigenvalue weighted by Crippen LogP contribution is -2.45. The molecule has 0 aromatic rings. The van der Waals surface area contributed by atoms with Crippen molar-refractivity contribution in [2.75, 3.05) is 52.5 Å². The van der Waals surface area contributed by atoms with Gasteiger partial charge in [-0.3, -0.25) is 14.4 Å². The highest BCUT2D eigenvalue weighted by Crippen LogP contribution is 2.25. The number of ether oxygens (including phenoxy) is 1. The smallest absolute Gasteiger partial charge is 0.228 e. The van der Waals surface area contributed by atoms with Gasteiger partial charge in [-0.15, -0.1) is 0 Å². The molecule has 0 aliphatic carbocycles. The Labute approximate surface area is 155 Å². The number of hydrogen-bond donors (Lipinski definition) is 0. The maximum absolute atomic E-state index is 12.6.